The molecule has 0 aromatic heterocycles. The van der Waals surface area contributed by atoms with E-state index in [4.69, 9.17) is 11.6 Å². The van der Waals surface area contributed by atoms with Crippen molar-refractivity contribution in [3.8, 4) is 16.9 Å². The maximum Gasteiger partial charge on any atom is 0.323 e. The van der Waals surface area contributed by atoms with E-state index in [1.165, 1.54) is 0 Å². The molecule has 0 unspecified atom stereocenters. The van der Waals surface area contributed by atoms with Gasteiger partial charge in [-0.2, -0.15) is 0 Å². The van der Waals surface area contributed by atoms with Crippen molar-refractivity contribution in [2.45, 2.75) is 0 Å². The van der Waals surface area contributed by atoms with Gasteiger partial charge in [-0.25, -0.2) is 4.79 Å². The molecule has 24 heavy (non-hydrogen) atoms. The molecule has 3 N–H and O–H groups in total. The molecular weight excluding hydrogens is 324 g/mol. The van der Waals surface area contributed by atoms with E-state index in [0.29, 0.717) is 16.4 Å². The van der Waals surface area contributed by atoms with Crippen molar-refractivity contribution in [3.63, 3.8) is 0 Å². The highest BCUT2D eigenvalue weighted by atomic mass is 35.5. The van der Waals surface area contributed by atoms with Gasteiger partial charge in [-0.05, 0) is 59.7 Å². The second-order valence-electron chi connectivity index (χ2n) is 5.22. The van der Waals surface area contributed by atoms with Crippen molar-refractivity contribution >= 4 is 29.0 Å². The molecule has 0 fully saturated rings. The molecule has 5 heteroatoms. The summed E-state index contributed by atoms with van der Waals surface area (Å²) in [7, 11) is 0. The zero-order valence-electron chi connectivity index (χ0n) is 12.7. The molecule has 120 valence electrons. The topological polar surface area (TPSA) is 61.4 Å². The number of hydrogen-bond donors (Lipinski definition) is 3. The van der Waals surface area contributed by atoms with E-state index in [-0.39, 0.29) is 11.8 Å². The predicted octanol–water partition coefficient (Wildman–Crippen LogP) is 5.36. The van der Waals surface area contributed by atoms with Gasteiger partial charge in [-0.3, -0.25) is 0 Å². The van der Waals surface area contributed by atoms with E-state index in [1.54, 1.807) is 48.5 Å². The lowest BCUT2D eigenvalue weighted by atomic mass is 10.0. The number of amides is 2. The molecule has 2 amide bonds. The second kappa shape index (κ2) is 7.06. The van der Waals surface area contributed by atoms with Crippen LogP contribution in [0.5, 0.6) is 5.75 Å². The van der Waals surface area contributed by atoms with Crippen LogP contribution in [0.25, 0.3) is 11.1 Å². The lowest BCUT2D eigenvalue weighted by molar-refractivity contribution is 0.262. The van der Waals surface area contributed by atoms with Gasteiger partial charge < -0.3 is 15.7 Å². The summed E-state index contributed by atoms with van der Waals surface area (Å²) in [6.45, 7) is 0. The Bertz CT molecular complexity index is 863. The van der Waals surface area contributed by atoms with Crippen molar-refractivity contribution in [2.75, 3.05) is 10.6 Å². The number of carbonyl (C=O) groups is 1. The van der Waals surface area contributed by atoms with Crippen LogP contribution in [0.15, 0.2) is 72.8 Å². The summed E-state index contributed by atoms with van der Waals surface area (Å²) in [4.78, 5) is 12.1. The van der Waals surface area contributed by atoms with E-state index in [9.17, 15) is 9.90 Å². The van der Waals surface area contributed by atoms with Gasteiger partial charge in [0, 0.05) is 16.4 Å². The van der Waals surface area contributed by atoms with Gasteiger partial charge >= 0.3 is 6.03 Å². The molecule has 0 atom stereocenters. The summed E-state index contributed by atoms with van der Waals surface area (Å²) < 4.78 is 0. The van der Waals surface area contributed by atoms with Crippen LogP contribution in [0.3, 0.4) is 0 Å². The van der Waals surface area contributed by atoms with Crippen molar-refractivity contribution in [2.24, 2.45) is 0 Å². The Labute approximate surface area is 144 Å². The van der Waals surface area contributed by atoms with Crippen molar-refractivity contribution in [1.29, 1.82) is 0 Å². The third-order valence-electron chi connectivity index (χ3n) is 3.40. The second-order valence-corrected chi connectivity index (χ2v) is 5.65. The fourth-order valence-electron chi connectivity index (χ4n) is 2.29. The minimum absolute atomic E-state index is 0.200. The molecule has 0 bridgehead atoms. The molecule has 0 saturated carbocycles. The Balaban J connectivity index is 1.72. The number of phenolic OH excluding ortho intramolecular Hbond substituents is 1. The largest absolute Gasteiger partial charge is 0.508 e. The van der Waals surface area contributed by atoms with E-state index in [1.807, 2.05) is 24.3 Å². The maximum atomic E-state index is 12.1. The molecule has 0 radical (unpaired) electrons. The first-order chi connectivity index (χ1) is 11.6. The van der Waals surface area contributed by atoms with Crippen LogP contribution in [0, 0.1) is 0 Å². The first-order valence-electron chi connectivity index (χ1n) is 7.33. The Morgan fingerprint density at radius 2 is 1.42 bits per heavy atom. The molecule has 0 heterocycles. The maximum absolute atomic E-state index is 12.1. The van der Waals surface area contributed by atoms with Gasteiger partial charge in [-0.1, -0.05) is 35.9 Å². The molecule has 3 aromatic carbocycles. The molecule has 3 rings (SSSR count). The number of hydrogen-bond acceptors (Lipinski definition) is 2. The van der Waals surface area contributed by atoms with Gasteiger partial charge in [0.05, 0.1) is 0 Å². The lowest BCUT2D eigenvalue weighted by Crippen LogP contribution is -2.19. The third-order valence-corrected chi connectivity index (χ3v) is 3.65. The summed E-state index contributed by atoms with van der Waals surface area (Å²) >= 11 is 5.82. The molecule has 4 nitrogen and oxygen atoms in total. The van der Waals surface area contributed by atoms with E-state index in [0.717, 1.165) is 11.1 Å². The summed E-state index contributed by atoms with van der Waals surface area (Å²) in [6.07, 6.45) is 0. The number of halogens is 1. The number of nitrogens with one attached hydrogen (secondary N) is 2. The van der Waals surface area contributed by atoms with Gasteiger partial charge in [-0.15, -0.1) is 0 Å². The first kappa shape index (κ1) is 15.9. The van der Waals surface area contributed by atoms with Crippen LogP contribution in [-0.4, -0.2) is 11.1 Å². The Morgan fingerprint density at radius 3 is 2.12 bits per heavy atom. The predicted molar refractivity (Wildman–Crippen MR) is 97.6 cm³/mol. The average Bonchev–Trinajstić information content (AvgIpc) is 2.57. The summed E-state index contributed by atoms with van der Waals surface area (Å²) in [5.74, 6) is 0.200. The molecule has 0 spiro atoms. The summed E-state index contributed by atoms with van der Waals surface area (Å²) in [5.41, 5.74) is 3.08. The van der Waals surface area contributed by atoms with Gasteiger partial charge in [0.15, 0.2) is 0 Å². The van der Waals surface area contributed by atoms with E-state index >= 15 is 0 Å². The quantitative estimate of drug-likeness (QED) is 0.602. The van der Waals surface area contributed by atoms with Crippen molar-refractivity contribution in [3.05, 3.63) is 77.8 Å². The van der Waals surface area contributed by atoms with Crippen LogP contribution < -0.4 is 10.6 Å². The highest BCUT2D eigenvalue weighted by molar-refractivity contribution is 6.30. The van der Waals surface area contributed by atoms with Crippen molar-refractivity contribution < 1.29 is 9.90 Å². The molecule has 0 saturated heterocycles. The van der Waals surface area contributed by atoms with Gasteiger partial charge in [0.25, 0.3) is 0 Å². The molecule has 0 aliphatic carbocycles. The standard InChI is InChI=1S/C19H15ClN2O2/c20-15-7-9-16(10-8-15)21-19(24)22-17-5-1-3-13(11-17)14-4-2-6-18(23)12-14/h1-12,23H,(H2,21,22,24). The normalized spacial score (nSPS) is 10.2. The van der Waals surface area contributed by atoms with Gasteiger partial charge in [0.2, 0.25) is 0 Å². The Kier molecular flexibility index (Phi) is 4.68. The summed E-state index contributed by atoms with van der Waals surface area (Å²) in [6, 6.07) is 20.9. The molecule has 3 aromatic rings. The van der Waals surface area contributed by atoms with Crippen LogP contribution in [0.2, 0.25) is 5.02 Å². The fraction of sp³-hybridized carbons (Fsp3) is 0. The number of phenols is 1. The minimum Gasteiger partial charge on any atom is -0.508 e. The number of carbonyl (C=O) groups excluding carboxylic acids is 1. The van der Waals surface area contributed by atoms with Gasteiger partial charge in [0.1, 0.15) is 5.75 Å². The number of anilines is 2. The lowest BCUT2D eigenvalue weighted by Gasteiger charge is -2.09. The van der Waals surface area contributed by atoms with Crippen LogP contribution in [-0.2, 0) is 0 Å². The first-order valence-corrected chi connectivity index (χ1v) is 7.71. The highest BCUT2D eigenvalue weighted by Crippen LogP contribution is 2.25. The van der Waals surface area contributed by atoms with E-state index < -0.39 is 0 Å². The van der Waals surface area contributed by atoms with Crippen LogP contribution >= 0.6 is 11.6 Å². The van der Waals surface area contributed by atoms with Crippen molar-refractivity contribution in [1.82, 2.24) is 0 Å². The smallest absolute Gasteiger partial charge is 0.323 e. The monoisotopic (exact) mass is 338 g/mol. The SMILES string of the molecule is O=C(Nc1ccc(Cl)cc1)Nc1cccc(-c2cccc(O)c2)c1. The molecule has 0 aliphatic rings. The zero-order chi connectivity index (χ0) is 16.9. The number of aromatic hydroxyl groups is 1. The minimum atomic E-state index is -0.342. The molecular formula is C19H15ClN2O2. The number of rotatable bonds is 3. The Morgan fingerprint density at radius 1 is 0.792 bits per heavy atom. The molecule has 0 aliphatic heterocycles. The number of urea groups is 1. The van der Waals surface area contributed by atoms with Crippen LogP contribution in [0.4, 0.5) is 16.2 Å². The highest BCUT2D eigenvalue weighted by Gasteiger charge is 2.05. The summed E-state index contributed by atoms with van der Waals surface area (Å²) in [5, 5.41) is 15.7. The zero-order valence-corrected chi connectivity index (χ0v) is 13.4. The van der Waals surface area contributed by atoms with Crippen LogP contribution in [0.1, 0.15) is 0 Å². The third kappa shape index (κ3) is 4.06. The van der Waals surface area contributed by atoms with E-state index in [2.05, 4.69) is 10.6 Å². The average molecular weight is 339 g/mol. The fourth-order valence-corrected chi connectivity index (χ4v) is 2.41. The number of benzene rings is 3. The Hall–Kier alpha value is -2.98.